The fraction of sp³-hybridized carbons (Fsp3) is 0.229. The molecule has 1 saturated heterocycles. The Labute approximate surface area is 347 Å². The van der Waals surface area contributed by atoms with Crippen molar-refractivity contribution in [2.45, 2.75) is 32.2 Å². The van der Waals surface area contributed by atoms with Crippen molar-refractivity contribution in [3.8, 4) is 11.5 Å². The number of hydrogen-bond acceptors (Lipinski definition) is 11. The SMILES string of the molecule is C=COCCCCCCOc1ccc(C(=O)Oc2ccc(CNc3ccc(N)c4ccccc34)cc2)cc1.Nc1ccc(N)cc1.Nc1ccc(N2CCOCC2)cc1. The van der Waals surface area contributed by atoms with Crippen molar-refractivity contribution in [1.29, 1.82) is 0 Å². The highest BCUT2D eigenvalue weighted by Crippen LogP contribution is 2.29. The summed E-state index contributed by atoms with van der Waals surface area (Å²) < 4.78 is 21.7. The second-order valence-electron chi connectivity index (χ2n) is 13.8. The molecule has 9 N–H and O–H groups in total. The summed E-state index contributed by atoms with van der Waals surface area (Å²) in [6, 6.07) is 41.6. The lowest BCUT2D eigenvalue weighted by Gasteiger charge is -2.28. The lowest BCUT2D eigenvalue weighted by molar-refractivity contribution is 0.0734. The minimum Gasteiger partial charge on any atom is -0.502 e. The first-order chi connectivity index (χ1) is 28.8. The number of nitrogens with zero attached hydrogens (tertiary/aromatic N) is 1. The van der Waals surface area contributed by atoms with Crippen molar-refractivity contribution in [3.63, 3.8) is 0 Å². The fourth-order valence-electron chi connectivity index (χ4n) is 6.12. The Morgan fingerprint density at radius 2 is 1.24 bits per heavy atom. The summed E-state index contributed by atoms with van der Waals surface area (Å²) in [7, 11) is 0. The van der Waals surface area contributed by atoms with E-state index in [1.54, 1.807) is 60.7 Å². The molecule has 0 aromatic heterocycles. The number of unbranched alkanes of at least 4 members (excludes halogenated alkanes) is 3. The number of hydrogen-bond donors (Lipinski definition) is 5. The van der Waals surface area contributed by atoms with E-state index in [9.17, 15) is 4.79 Å². The molecule has 1 aliphatic heterocycles. The lowest BCUT2D eigenvalue weighted by Crippen LogP contribution is -2.36. The summed E-state index contributed by atoms with van der Waals surface area (Å²) in [5.41, 5.74) is 29.3. The van der Waals surface area contributed by atoms with Crippen LogP contribution in [0.5, 0.6) is 11.5 Å². The minimum atomic E-state index is -0.405. The molecule has 0 spiro atoms. The molecule has 0 saturated carbocycles. The van der Waals surface area contributed by atoms with Crippen molar-refractivity contribution >= 4 is 50.9 Å². The Morgan fingerprint density at radius 1 is 0.661 bits per heavy atom. The monoisotopic (exact) mass is 796 g/mol. The molecule has 1 aliphatic rings. The van der Waals surface area contributed by atoms with E-state index in [0.29, 0.717) is 31.1 Å². The molecule has 0 amide bonds. The van der Waals surface area contributed by atoms with Gasteiger partial charge in [0.1, 0.15) is 11.5 Å². The lowest BCUT2D eigenvalue weighted by atomic mass is 10.1. The molecule has 6 aromatic carbocycles. The maximum atomic E-state index is 12.6. The summed E-state index contributed by atoms with van der Waals surface area (Å²) >= 11 is 0. The van der Waals surface area contributed by atoms with Gasteiger partial charge in [-0.2, -0.15) is 0 Å². The molecule has 0 radical (unpaired) electrons. The summed E-state index contributed by atoms with van der Waals surface area (Å²) in [5, 5.41) is 5.58. The highest BCUT2D eigenvalue weighted by Gasteiger charge is 2.11. The number of rotatable bonds is 15. The number of nitrogens with two attached hydrogens (primary N) is 4. The number of ether oxygens (including phenoxy) is 4. The average molecular weight is 797 g/mol. The van der Waals surface area contributed by atoms with Crippen LogP contribution in [-0.4, -0.2) is 45.5 Å². The molecule has 1 heterocycles. The van der Waals surface area contributed by atoms with Gasteiger partial charge >= 0.3 is 5.97 Å². The second-order valence-corrected chi connectivity index (χ2v) is 13.8. The van der Waals surface area contributed by atoms with Crippen molar-refractivity contribution in [1.82, 2.24) is 0 Å². The highest BCUT2D eigenvalue weighted by atomic mass is 16.5. The first kappa shape index (κ1) is 43.3. The van der Waals surface area contributed by atoms with E-state index in [-0.39, 0.29) is 0 Å². The molecule has 0 bridgehead atoms. The molecule has 7 rings (SSSR count). The van der Waals surface area contributed by atoms with E-state index < -0.39 is 5.97 Å². The van der Waals surface area contributed by atoms with E-state index in [4.69, 9.17) is 41.9 Å². The summed E-state index contributed by atoms with van der Waals surface area (Å²) in [5.74, 6) is 0.829. The third kappa shape index (κ3) is 14.6. The Morgan fingerprint density at radius 3 is 1.86 bits per heavy atom. The van der Waals surface area contributed by atoms with Crippen molar-refractivity contribution in [3.05, 3.63) is 157 Å². The first-order valence-electron chi connectivity index (χ1n) is 19.9. The average Bonchev–Trinajstić information content (AvgIpc) is 3.27. The van der Waals surface area contributed by atoms with Gasteiger partial charge in [-0.25, -0.2) is 4.79 Å². The van der Waals surface area contributed by atoms with Crippen LogP contribution in [0.3, 0.4) is 0 Å². The predicted octanol–water partition coefficient (Wildman–Crippen LogP) is 9.31. The molecule has 1 fully saturated rings. The minimum absolute atomic E-state index is 0.405. The first-order valence-corrected chi connectivity index (χ1v) is 19.9. The van der Waals surface area contributed by atoms with Crippen LogP contribution in [-0.2, 0) is 16.0 Å². The number of carbonyl (C=O) groups excluding carboxylic acids is 1. The molecular formula is C48H56N6O5. The van der Waals surface area contributed by atoms with Crippen molar-refractivity contribution < 1.29 is 23.7 Å². The molecule has 0 atom stereocenters. The van der Waals surface area contributed by atoms with E-state index in [1.807, 2.05) is 54.6 Å². The molecule has 0 unspecified atom stereocenters. The molecular weight excluding hydrogens is 741 g/mol. The predicted molar refractivity (Wildman–Crippen MR) is 243 cm³/mol. The largest absolute Gasteiger partial charge is 0.502 e. The highest BCUT2D eigenvalue weighted by molar-refractivity contribution is 6.01. The Balaban J connectivity index is 0.000000253. The number of morpholine rings is 1. The van der Waals surface area contributed by atoms with Crippen LogP contribution in [0.25, 0.3) is 10.8 Å². The Bertz CT molecular complexity index is 2130. The molecule has 11 heteroatoms. The van der Waals surface area contributed by atoms with Crippen LogP contribution in [0.4, 0.5) is 34.1 Å². The summed E-state index contributed by atoms with van der Waals surface area (Å²) in [6.07, 6.45) is 5.64. The third-order valence-corrected chi connectivity index (χ3v) is 9.41. The van der Waals surface area contributed by atoms with Crippen LogP contribution >= 0.6 is 0 Å². The quantitative estimate of drug-likeness (QED) is 0.0220. The van der Waals surface area contributed by atoms with Gasteiger partial charge in [0.15, 0.2) is 0 Å². The van der Waals surface area contributed by atoms with Gasteiger partial charge in [-0.3, -0.25) is 0 Å². The van der Waals surface area contributed by atoms with Gasteiger partial charge in [-0.15, -0.1) is 0 Å². The molecule has 11 nitrogen and oxygen atoms in total. The smallest absolute Gasteiger partial charge is 0.343 e. The zero-order valence-electron chi connectivity index (χ0n) is 33.6. The number of benzene rings is 6. The molecule has 308 valence electrons. The van der Waals surface area contributed by atoms with E-state index in [2.05, 4.69) is 35.0 Å². The molecule has 6 aromatic rings. The van der Waals surface area contributed by atoms with Crippen LogP contribution in [0.1, 0.15) is 41.6 Å². The van der Waals surface area contributed by atoms with Crippen LogP contribution in [0, 0.1) is 0 Å². The number of nitrogens with one attached hydrogen (secondary N) is 1. The van der Waals surface area contributed by atoms with Crippen molar-refractivity contribution in [2.75, 3.05) is 72.7 Å². The third-order valence-electron chi connectivity index (χ3n) is 9.41. The topological polar surface area (TPSA) is 173 Å². The summed E-state index contributed by atoms with van der Waals surface area (Å²) in [6.45, 7) is 9.12. The van der Waals surface area contributed by atoms with Crippen LogP contribution < -0.4 is 42.6 Å². The number of esters is 1. The zero-order chi connectivity index (χ0) is 41.7. The Hall–Kier alpha value is -6.85. The normalized spacial score (nSPS) is 11.9. The number of nitrogen functional groups attached to an aromatic ring is 4. The van der Waals surface area contributed by atoms with Gasteiger partial charge in [0.25, 0.3) is 0 Å². The summed E-state index contributed by atoms with van der Waals surface area (Å²) in [4.78, 5) is 14.9. The zero-order valence-corrected chi connectivity index (χ0v) is 33.6. The fourth-order valence-corrected chi connectivity index (χ4v) is 6.12. The standard InChI is InChI=1S/C32H34N2O4.C10H14N2O.C6H8N2/c1-2-36-21-7-3-4-8-22-37-26-17-13-25(14-18-26)32(35)38-27-15-11-24(12-16-27)23-34-31-20-19-30(33)28-9-5-6-10-29(28)31;11-9-1-3-10(4-2-9)12-5-7-13-8-6-12;7-5-1-2-6(8)4-3-5/h2,5-6,9-20,34H,1,3-4,7-8,21-23,33H2;1-4H,5-8,11H2;1-4H,7-8H2. The number of fused-ring (bicyclic) bond motifs is 1. The molecule has 0 aliphatic carbocycles. The van der Waals surface area contributed by atoms with Gasteiger partial charge in [0.05, 0.1) is 38.3 Å². The number of anilines is 6. The maximum Gasteiger partial charge on any atom is 0.343 e. The van der Waals surface area contributed by atoms with E-state index >= 15 is 0 Å². The van der Waals surface area contributed by atoms with Crippen LogP contribution in [0.15, 0.2) is 146 Å². The maximum absolute atomic E-state index is 12.6. The second kappa shape index (κ2) is 23.4. The van der Waals surface area contributed by atoms with Gasteiger partial charge in [0, 0.05) is 64.5 Å². The van der Waals surface area contributed by atoms with Crippen LogP contribution in [0.2, 0.25) is 0 Å². The van der Waals surface area contributed by atoms with Gasteiger partial charge < -0.3 is 52.1 Å². The molecule has 59 heavy (non-hydrogen) atoms. The van der Waals surface area contributed by atoms with E-state index in [0.717, 1.165) is 103 Å². The Kier molecular flexibility index (Phi) is 17.2. The van der Waals surface area contributed by atoms with Crippen molar-refractivity contribution in [2.24, 2.45) is 0 Å². The van der Waals surface area contributed by atoms with Gasteiger partial charge in [-0.05, 0) is 128 Å². The van der Waals surface area contributed by atoms with Gasteiger partial charge in [-0.1, -0.05) is 43.0 Å². The van der Waals surface area contributed by atoms with E-state index in [1.165, 1.54) is 11.9 Å². The van der Waals surface area contributed by atoms with Gasteiger partial charge in [0.2, 0.25) is 0 Å². The number of carbonyl (C=O) groups is 1.